The van der Waals surface area contributed by atoms with Gasteiger partial charge in [-0.05, 0) is 18.9 Å². The second-order valence-corrected chi connectivity index (χ2v) is 3.32. The highest BCUT2D eigenvalue weighted by Gasteiger charge is 2.25. The molecule has 1 fully saturated rings. The maximum atomic E-state index is 9.58. The summed E-state index contributed by atoms with van der Waals surface area (Å²) in [6.07, 6.45) is 2.66. The zero-order valence-corrected chi connectivity index (χ0v) is 7.09. The summed E-state index contributed by atoms with van der Waals surface area (Å²) in [5, 5.41) is 12.9. The Hall–Kier alpha value is -0.340. The largest absolute Gasteiger partial charge is 0.393 e. The molecule has 1 aliphatic rings. The molecular weight excluding hydrogens is 138 g/mol. The van der Waals surface area contributed by atoms with Crippen LogP contribution in [0.1, 0.15) is 13.3 Å². The van der Waals surface area contributed by atoms with Crippen molar-refractivity contribution in [3.8, 4) is 0 Å². The smallest absolute Gasteiger partial charge is 0.0598 e. The van der Waals surface area contributed by atoms with E-state index in [1.54, 1.807) is 0 Å². The number of piperidine rings is 1. The molecule has 1 heterocycles. The van der Waals surface area contributed by atoms with E-state index in [0.717, 1.165) is 19.5 Å². The van der Waals surface area contributed by atoms with Crippen LogP contribution < -0.4 is 5.32 Å². The van der Waals surface area contributed by atoms with E-state index in [9.17, 15) is 5.11 Å². The minimum Gasteiger partial charge on any atom is -0.393 e. The monoisotopic (exact) mass is 155 g/mol. The van der Waals surface area contributed by atoms with Crippen molar-refractivity contribution in [3.05, 3.63) is 12.7 Å². The molecule has 1 aliphatic heterocycles. The molecule has 3 atom stereocenters. The van der Waals surface area contributed by atoms with Crippen molar-refractivity contribution < 1.29 is 5.11 Å². The van der Waals surface area contributed by atoms with Gasteiger partial charge in [0.15, 0.2) is 0 Å². The van der Waals surface area contributed by atoms with E-state index in [2.05, 4.69) is 18.8 Å². The highest BCUT2D eigenvalue weighted by atomic mass is 16.3. The van der Waals surface area contributed by atoms with Gasteiger partial charge in [0.05, 0.1) is 6.10 Å². The lowest BCUT2D eigenvalue weighted by atomic mass is 9.85. The molecule has 0 radical (unpaired) electrons. The van der Waals surface area contributed by atoms with Gasteiger partial charge in [-0.3, -0.25) is 0 Å². The van der Waals surface area contributed by atoms with Crippen LogP contribution in [-0.4, -0.2) is 24.3 Å². The van der Waals surface area contributed by atoms with E-state index >= 15 is 0 Å². The number of aliphatic hydroxyl groups is 1. The zero-order chi connectivity index (χ0) is 8.27. The molecule has 1 saturated heterocycles. The van der Waals surface area contributed by atoms with Gasteiger partial charge in [-0.15, -0.1) is 6.58 Å². The highest BCUT2D eigenvalue weighted by Crippen LogP contribution is 2.20. The van der Waals surface area contributed by atoms with E-state index < -0.39 is 0 Å². The van der Waals surface area contributed by atoms with E-state index in [4.69, 9.17) is 0 Å². The first-order chi connectivity index (χ1) is 5.25. The highest BCUT2D eigenvalue weighted by molar-refractivity contribution is 4.88. The molecule has 1 rings (SSSR count). The van der Waals surface area contributed by atoms with Gasteiger partial charge in [0.25, 0.3) is 0 Å². The average Bonchev–Trinajstić information content (AvgIpc) is 2.04. The first-order valence-electron chi connectivity index (χ1n) is 4.27. The van der Waals surface area contributed by atoms with Gasteiger partial charge in [-0.1, -0.05) is 13.0 Å². The van der Waals surface area contributed by atoms with Crippen molar-refractivity contribution in [2.24, 2.45) is 11.8 Å². The topological polar surface area (TPSA) is 32.3 Å². The molecule has 0 amide bonds. The lowest BCUT2D eigenvalue weighted by Crippen LogP contribution is -2.42. The van der Waals surface area contributed by atoms with Gasteiger partial charge >= 0.3 is 0 Å². The van der Waals surface area contributed by atoms with E-state index in [-0.39, 0.29) is 6.10 Å². The summed E-state index contributed by atoms with van der Waals surface area (Å²) in [5.41, 5.74) is 0. The standard InChI is InChI=1S/C9H17NO/c1-3-7(2)8-6-10-5-4-9(8)11/h3,7-11H,1,4-6H2,2H3. The Morgan fingerprint density at radius 1 is 1.73 bits per heavy atom. The van der Waals surface area contributed by atoms with Crippen LogP contribution in [0.3, 0.4) is 0 Å². The van der Waals surface area contributed by atoms with Gasteiger partial charge in [-0.25, -0.2) is 0 Å². The van der Waals surface area contributed by atoms with Crippen LogP contribution in [0.4, 0.5) is 0 Å². The summed E-state index contributed by atoms with van der Waals surface area (Å²) >= 11 is 0. The van der Waals surface area contributed by atoms with Crippen LogP contribution in [0.5, 0.6) is 0 Å². The Balaban J connectivity index is 2.46. The number of hydrogen-bond acceptors (Lipinski definition) is 2. The molecule has 0 aromatic carbocycles. The summed E-state index contributed by atoms with van der Waals surface area (Å²) in [5.74, 6) is 0.777. The van der Waals surface area contributed by atoms with Crippen LogP contribution >= 0.6 is 0 Å². The summed E-state index contributed by atoms with van der Waals surface area (Å²) < 4.78 is 0. The Bertz CT molecular complexity index is 136. The molecule has 2 nitrogen and oxygen atoms in total. The van der Waals surface area contributed by atoms with Crippen molar-refractivity contribution in [2.75, 3.05) is 13.1 Å². The van der Waals surface area contributed by atoms with Crippen LogP contribution in [0.25, 0.3) is 0 Å². The summed E-state index contributed by atoms with van der Waals surface area (Å²) in [7, 11) is 0. The molecule has 2 heteroatoms. The minimum absolute atomic E-state index is 0.135. The summed E-state index contributed by atoms with van der Waals surface area (Å²) in [6, 6.07) is 0. The van der Waals surface area contributed by atoms with Gasteiger partial charge in [0.1, 0.15) is 0 Å². The van der Waals surface area contributed by atoms with Crippen LogP contribution in [-0.2, 0) is 0 Å². The molecule has 3 unspecified atom stereocenters. The molecular formula is C9H17NO. The first-order valence-corrected chi connectivity index (χ1v) is 4.27. The second kappa shape index (κ2) is 3.88. The third-order valence-corrected chi connectivity index (χ3v) is 2.54. The predicted octanol–water partition coefficient (Wildman–Crippen LogP) is 0.779. The SMILES string of the molecule is C=CC(C)C1CNCCC1O. The molecule has 0 saturated carbocycles. The van der Waals surface area contributed by atoms with Crippen molar-refractivity contribution in [1.82, 2.24) is 5.32 Å². The molecule has 64 valence electrons. The van der Waals surface area contributed by atoms with Crippen molar-refractivity contribution >= 4 is 0 Å². The molecule has 0 spiro atoms. The maximum Gasteiger partial charge on any atom is 0.0598 e. The van der Waals surface area contributed by atoms with Gasteiger partial charge in [-0.2, -0.15) is 0 Å². The maximum absolute atomic E-state index is 9.58. The van der Waals surface area contributed by atoms with E-state index in [0.29, 0.717) is 11.8 Å². The molecule has 0 aromatic rings. The fraction of sp³-hybridized carbons (Fsp3) is 0.778. The summed E-state index contributed by atoms with van der Waals surface area (Å²) in [4.78, 5) is 0. The normalized spacial score (nSPS) is 34.7. The fourth-order valence-corrected chi connectivity index (χ4v) is 1.58. The molecule has 0 aliphatic carbocycles. The number of aliphatic hydroxyl groups excluding tert-OH is 1. The number of hydrogen-bond donors (Lipinski definition) is 2. The predicted molar refractivity (Wildman–Crippen MR) is 46.3 cm³/mol. The van der Waals surface area contributed by atoms with Crippen molar-refractivity contribution in [3.63, 3.8) is 0 Å². The summed E-state index contributed by atoms with van der Waals surface area (Å²) in [6.45, 7) is 7.71. The minimum atomic E-state index is -0.135. The Morgan fingerprint density at radius 2 is 2.45 bits per heavy atom. The fourth-order valence-electron chi connectivity index (χ4n) is 1.58. The van der Waals surface area contributed by atoms with Crippen LogP contribution in [0, 0.1) is 11.8 Å². The molecule has 0 aromatic heterocycles. The Labute approximate surface area is 68.3 Å². The third kappa shape index (κ3) is 2.04. The van der Waals surface area contributed by atoms with Gasteiger partial charge in [0, 0.05) is 12.5 Å². The molecule has 11 heavy (non-hydrogen) atoms. The third-order valence-electron chi connectivity index (χ3n) is 2.54. The number of rotatable bonds is 2. The number of nitrogens with one attached hydrogen (secondary N) is 1. The first kappa shape index (κ1) is 8.75. The van der Waals surface area contributed by atoms with E-state index in [1.165, 1.54) is 0 Å². The lowest BCUT2D eigenvalue weighted by molar-refractivity contribution is 0.0613. The Kier molecular flexibility index (Phi) is 3.09. The Morgan fingerprint density at radius 3 is 3.00 bits per heavy atom. The van der Waals surface area contributed by atoms with Crippen molar-refractivity contribution in [2.45, 2.75) is 19.4 Å². The number of allylic oxidation sites excluding steroid dienone is 1. The van der Waals surface area contributed by atoms with Crippen molar-refractivity contribution in [1.29, 1.82) is 0 Å². The quantitative estimate of drug-likeness (QED) is 0.578. The van der Waals surface area contributed by atoms with E-state index in [1.807, 2.05) is 6.08 Å². The average molecular weight is 155 g/mol. The van der Waals surface area contributed by atoms with Crippen LogP contribution in [0.15, 0.2) is 12.7 Å². The molecule has 2 N–H and O–H groups in total. The van der Waals surface area contributed by atoms with Crippen LogP contribution in [0.2, 0.25) is 0 Å². The van der Waals surface area contributed by atoms with Gasteiger partial charge < -0.3 is 10.4 Å². The molecule has 0 bridgehead atoms. The lowest BCUT2D eigenvalue weighted by Gasteiger charge is -2.31. The van der Waals surface area contributed by atoms with Gasteiger partial charge in [0.2, 0.25) is 0 Å². The second-order valence-electron chi connectivity index (χ2n) is 3.32. The zero-order valence-electron chi connectivity index (χ0n) is 7.09.